The zero-order valence-corrected chi connectivity index (χ0v) is 22.3. The van der Waals surface area contributed by atoms with E-state index < -0.39 is 35.2 Å². The predicted molar refractivity (Wildman–Crippen MR) is 137 cm³/mol. The molecule has 0 unspecified atom stereocenters. The number of hydrogen-bond donors (Lipinski definition) is 1. The molecular weight excluding hydrogens is 502 g/mol. The molecule has 4 rings (SSSR count). The number of hydrogen-bond acceptors (Lipinski definition) is 4. The summed E-state index contributed by atoms with van der Waals surface area (Å²) in [6.07, 6.45) is -1.48. The Morgan fingerprint density at radius 3 is 2.29 bits per heavy atom. The molecule has 1 aromatic rings. The van der Waals surface area contributed by atoms with Crippen LogP contribution in [0.15, 0.2) is 18.2 Å². The van der Waals surface area contributed by atoms with Crippen molar-refractivity contribution in [3.8, 4) is 0 Å². The summed E-state index contributed by atoms with van der Waals surface area (Å²) in [6.45, 7) is 7.18. The van der Waals surface area contributed by atoms with Crippen molar-refractivity contribution in [2.75, 3.05) is 50.7 Å². The molecule has 0 aromatic heterocycles. The molecule has 3 heterocycles. The van der Waals surface area contributed by atoms with E-state index in [9.17, 15) is 27.9 Å². The Hall–Kier alpha value is -2.36. The SMILES string of the molecule is CC(C)CCN1CC[C@](F)(C(=O)N2CCC(c3ccc(C(F)(F)F)cc3N3CCC(C(=O)O)CC3)CC2)C1. The number of piperidine rings is 2. The highest BCUT2D eigenvalue weighted by atomic mass is 19.4. The van der Waals surface area contributed by atoms with Gasteiger partial charge < -0.3 is 14.9 Å². The monoisotopic (exact) mass is 541 g/mol. The Morgan fingerprint density at radius 1 is 1.05 bits per heavy atom. The lowest BCUT2D eigenvalue weighted by molar-refractivity contribution is -0.144. The van der Waals surface area contributed by atoms with Gasteiger partial charge in [-0.1, -0.05) is 19.9 Å². The van der Waals surface area contributed by atoms with Crippen molar-refractivity contribution in [1.82, 2.24) is 9.80 Å². The van der Waals surface area contributed by atoms with Crippen molar-refractivity contribution in [1.29, 1.82) is 0 Å². The Kier molecular flexibility index (Phi) is 8.59. The normalized spacial score (nSPS) is 24.4. The van der Waals surface area contributed by atoms with Crippen molar-refractivity contribution in [3.05, 3.63) is 29.3 Å². The lowest BCUT2D eigenvalue weighted by atomic mass is 9.86. The number of nitrogens with zero attached hydrogens (tertiary/aromatic N) is 3. The zero-order chi connectivity index (χ0) is 27.7. The summed E-state index contributed by atoms with van der Waals surface area (Å²) in [7, 11) is 0. The molecule has 6 nitrogen and oxygen atoms in total. The largest absolute Gasteiger partial charge is 0.481 e. The average Bonchev–Trinajstić information content (AvgIpc) is 3.28. The molecule has 10 heteroatoms. The van der Waals surface area contributed by atoms with E-state index in [4.69, 9.17) is 0 Å². The van der Waals surface area contributed by atoms with Crippen LogP contribution in [0.25, 0.3) is 0 Å². The predicted octanol–water partition coefficient (Wildman–Crippen LogP) is 5.17. The molecular formula is C28H39F4N3O3. The maximum absolute atomic E-state index is 15.6. The van der Waals surface area contributed by atoms with E-state index in [0.717, 1.165) is 24.6 Å². The smallest absolute Gasteiger partial charge is 0.416 e. The van der Waals surface area contributed by atoms with E-state index >= 15 is 4.39 Å². The molecule has 3 aliphatic rings. The maximum atomic E-state index is 15.6. The number of rotatable bonds is 7. The molecule has 212 valence electrons. The fourth-order valence-corrected chi connectivity index (χ4v) is 6.04. The van der Waals surface area contributed by atoms with Crippen LogP contribution >= 0.6 is 0 Å². The van der Waals surface area contributed by atoms with Crippen molar-refractivity contribution in [2.45, 2.75) is 70.1 Å². The Labute approximate surface area is 222 Å². The van der Waals surface area contributed by atoms with Crippen LogP contribution in [-0.4, -0.2) is 78.3 Å². The number of carbonyl (C=O) groups excluding carboxylic acids is 1. The highest BCUT2D eigenvalue weighted by molar-refractivity contribution is 5.86. The molecule has 0 spiro atoms. The topological polar surface area (TPSA) is 64.1 Å². The first-order chi connectivity index (χ1) is 17.9. The van der Waals surface area contributed by atoms with Crippen LogP contribution in [-0.2, 0) is 15.8 Å². The van der Waals surface area contributed by atoms with Gasteiger partial charge in [-0.25, -0.2) is 4.39 Å². The first-order valence-corrected chi connectivity index (χ1v) is 13.8. The molecule has 0 radical (unpaired) electrons. The Bertz CT molecular complexity index is 1000. The van der Waals surface area contributed by atoms with Gasteiger partial charge in [0.1, 0.15) is 0 Å². The molecule has 1 aromatic carbocycles. The van der Waals surface area contributed by atoms with Crippen LogP contribution in [0.1, 0.15) is 69.4 Å². The van der Waals surface area contributed by atoms with Crippen molar-refractivity contribution >= 4 is 17.6 Å². The molecule has 38 heavy (non-hydrogen) atoms. The van der Waals surface area contributed by atoms with Crippen molar-refractivity contribution < 1.29 is 32.3 Å². The second kappa shape index (κ2) is 11.4. The average molecular weight is 542 g/mol. The van der Waals surface area contributed by atoms with E-state index in [1.807, 2.05) is 9.80 Å². The molecule has 0 bridgehead atoms. The minimum Gasteiger partial charge on any atom is -0.481 e. The molecule has 0 saturated carbocycles. The summed E-state index contributed by atoms with van der Waals surface area (Å²) in [6, 6.07) is 3.81. The first kappa shape index (κ1) is 28.6. The summed E-state index contributed by atoms with van der Waals surface area (Å²) in [4.78, 5) is 30.0. The number of halogens is 4. The van der Waals surface area contributed by atoms with E-state index in [1.165, 1.54) is 12.1 Å². The molecule has 3 saturated heterocycles. The van der Waals surface area contributed by atoms with Gasteiger partial charge in [-0.15, -0.1) is 0 Å². The minimum atomic E-state index is -4.48. The number of carbonyl (C=O) groups is 2. The molecule has 1 amide bonds. The fraction of sp³-hybridized carbons (Fsp3) is 0.714. The molecule has 1 N–H and O–H groups in total. The van der Waals surface area contributed by atoms with Crippen LogP contribution in [0.5, 0.6) is 0 Å². The quantitative estimate of drug-likeness (QED) is 0.483. The number of carboxylic acids is 1. The van der Waals surface area contributed by atoms with Gasteiger partial charge in [-0.2, -0.15) is 13.2 Å². The second-order valence-electron chi connectivity index (χ2n) is 11.6. The lowest BCUT2D eigenvalue weighted by Gasteiger charge is -2.38. The number of amides is 1. The van der Waals surface area contributed by atoms with Gasteiger partial charge in [0.2, 0.25) is 5.67 Å². The zero-order valence-electron chi connectivity index (χ0n) is 22.3. The number of aliphatic carboxylic acids is 1. The second-order valence-corrected chi connectivity index (χ2v) is 11.6. The standard InChI is InChI=1S/C28H39F4N3O3/c1-19(2)5-11-33-16-10-27(29,18-33)26(38)35-14-6-20(7-15-35)23-4-3-22(28(30,31)32)17-24(23)34-12-8-21(9-13-34)25(36)37/h3-4,17,19-21H,5-16,18H2,1-2H3,(H,36,37)/t27-/m1/s1. The summed E-state index contributed by atoms with van der Waals surface area (Å²) in [5.74, 6) is -1.37. The highest BCUT2D eigenvalue weighted by Gasteiger charge is 2.47. The Balaban J connectivity index is 1.43. The van der Waals surface area contributed by atoms with Gasteiger partial charge in [-0.3, -0.25) is 14.5 Å². The Morgan fingerprint density at radius 2 is 1.71 bits per heavy atom. The number of benzene rings is 1. The molecule has 1 atom stereocenters. The van der Waals surface area contributed by atoms with Gasteiger partial charge in [0.25, 0.3) is 5.91 Å². The number of alkyl halides is 4. The lowest BCUT2D eigenvalue weighted by Crippen LogP contribution is -2.50. The molecule has 0 aliphatic carbocycles. The van der Waals surface area contributed by atoms with Crippen LogP contribution in [0.2, 0.25) is 0 Å². The summed E-state index contributed by atoms with van der Waals surface area (Å²) in [5.41, 5.74) is -1.33. The van der Waals surface area contributed by atoms with Gasteiger partial charge in [-0.05, 0) is 68.2 Å². The summed E-state index contributed by atoms with van der Waals surface area (Å²) in [5, 5.41) is 9.31. The summed E-state index contributed by atoms with van der Waals surface area (Å²) < 4.78 is 56.3. The van der Waals surface area contributed by atoms with Crippen LogP contribution < -0.4 is 4.90 Å². The van der Waals surface area contributed by atoms with Crippen LogP contribution in [0.3, 0.4) is 0 Å². The third-order valence-electron chi connectivity index (χ3n) is 8.47. The number of carboxylic acid groups (broad SMARTS) is 1. The summed E-state index contributed by atoms with van der Waals surface area (Å²) >= 11 is 0. The van der Waals surface area contributed by atoms with E-state index in [0.29, 0.717) is 70.0 Å². The third kappa shape index (κ3) is 6.43. The fourth-order valence-electron chi connectivity index (χ4n) is 6.04. The van der Waals surface area contributed by atoms with Gasteiger partial charge in [0, 0.05) is 51.4 Å². The number of anilines is 1. The number of likely N-dealkylation sites (tertiary alicyclic amines) is 2. The first-order valence-electron chi connectivity index (χ1n) is 13.8. The van der Waals surface area contributed by atoms with Crippen LogP contribution in [0.4, 0.5) is 23.2 Å². The van der Waals surface area contributed by atoms with Crippen molar-refractivity contribution in [2.24, 2.45) is 11.8 Å². The van der Waals surface area contributed by atoms with E-state index in [-0.39, 0.29) is 18.9 Å². The third-order valence-corrected chi connectivity index (χ3v) is 8.47. The minimum absolute atomic E-state index is 0.0600. The van der Waals surface area contributed by atoms with Crippen molar-refractivity contribution in [3.63, 3.8) is 0 Å². The maximum Gasteiger partial charge on any atom is 0.416 e. The van der Waals surface area contributed by atoms with E-state index in [2.05, 4.69) is 13.8 Å². The van der Waals surface area contributed by atoms with E-state index in [1.54, 1.807) is 4.90 Å². The van der Waals surface area contributed by atoms with Gasteiger partial charge in [0.05, 0.1) is 11.5 Å². The van der Waals surface area contributed by atoms with Gasteiger partial charge >= 0.3 is 12.1 Å². The molecule has 3 fully saturated rings. The van der Waals surface area contributed by atoms with Crippen LogP contribution in [0, 0.1) is 11.8 Å². The highest BCUT2D eigenvalue weighted by Crippen LogP contribution is 2.41. The van der Waals surface area contributed by atoms with Gasteiger partial charge in [0.15, 0.2) is 0 Å². The molecule has 3 aliphatic heterocycles.